The summed E-state index contributed by atoms with van der Waals surface area (Å²) < 4.78 is 5.37. The number of carbonyl (C=O) groups is 2. The smallest absolute Gasteiger partial charge is 0.290 e. The normalized spacial score (nSPS) is 20.8. The zero-order valence-corrected chi connectivity index (χ0v) is 16.1. The number of hydrogen-bond donors (Lipinski definition) is 1. The molecule has 0 spiro atoms. The molecule has 0 aliphatic carbocycles. The highest BCUT2D eigenvalue weighted by molar-refractivity contribution is 7.12. The predicted molar refractivity (Wildman–Crippen MR) is 104 cm³/mol. The van der Waals surface area contributed by atoms with Crippen LogP contribution in [0.3, 0.4) is 0 Å². The molecule has 2 aromatic rings. The Morgan fingerprint density at radius 1 is 1.21 bits per heavy atom. The molecule has 28 heavy (non-hydrogen) atoms. The van der Waals surface area contributed by atoms with E-state index < -0.39 is 17.7 Å². The van der Waals surface area contributed by atoms with Gasteiger partial charge < -0.3 is 14.7 Å². The molecule has 1 atom stereocenters. The van der Waals surface area contributed by atoms with Gasteiger partial charge in [-0.3, -0.25) is 19.5 Å². The lowest BCUT2D eigenvalue weighted by Gasteiger charge is -2.31. The van der Waals surface area contributed by atoms with E-state index in [1.54, 1.807) is 40.7 Å². The van der Waals surface area contributed by atoms with Crippen molar-refractivity contribution in [3.63, 3.8) is 0 Å². The summed E-state index contributed by atoms with van der Waals surface area (Å²) in [4.78, 5) is 34.5. The lowest BCUT2D eigenvalue weighted by atomic mass is 9.99. The summed E-state index contributed by atoms with van der Waals surface area (Å²) in [5, 5.41) is 12.4. The molecule has 1 N–H and O–H groups in total. The van der Waals surface area contributed by atoms with Gasteiger partial charge in [0.1, 0.15) is 6.04 Å². The third-order valence-electron chi connectivity index (χ3n) is 5.02. The van der Waals surface area contributed by atoms with Crippen molar-refractivity contribution in [2.24, 2.45) is 0 Å². The van der Waals surface area contributed by atoms with E-state index in [-0.39, 0.29) is 11.4 Å². The first-order valence-corrected chi connectivity index (χ1v) is 10.1. The molecule has 2 aliphatic heterocycles. The number of rotatable bonds is 6. The molecule has 2 aromatic heterocycles. The number of nitrogens with zero attached hydrogens (tertiary/aromatic N) is 3. The minimum Gasteiger partial charge on any atom is -0.503 e. The van der Waals surface area contributed by atoms with E-state index in [2.05, 4.69) is 9.88 Å². The first-order chi connectivity index (χ1) is 13.7. The molecule has 0 radical (unpaired) electrons. The lowest BCUT2D eigenvalue weighted by Crippen LogP contribution is -2.43. The molecule has 0 saturated carbocycles. The third kappa shape index (κ3) is 3.58. The second-order valence-electron chi connectivity index (χ2n) is 6.68. The summed E-state index contributed by atoms with van der Waals surface area (Å²) in [5.74, 6) is -1.33. The zero-order chi connectivity index (χ0) is 19.5. The Balaban J connectivity index is 1.64. The predicted octanol–water partition coefficient (Wildman–Crippen LogP) is 2.05. The van der Waals surface area contributed by atoms with Crippen LogP contribution < -0.4 is 0 Å². The van der Waals surface area contributed by atoms with Crippen molar-refractivity contribution >= 4 is 23.0 Å². The number of Topliss-reactive ketones (excluding diaryl/α,β-unsaturated/α-hetero) is 1. The SMILES string of the molecule is O=C(C1=C(O)C(=O)N(CCN2CCOCC2)[C@H]1c1ccccn1)c1cccs1. The molecule has 1 saturated heterocycles. The summed E-state index contributed by atoms with van der Waals surface area (Å²) in [6, 6.07) is 8.16. The Hall–Kier alpha value is -2.55. The van der Waals surface area contributed by atoms with Gasteiger partial charge in [-0.15, -0.1) is 11.3 Å². The fourth-order valence-electron chi connectivity index (χ4n) is 3.58. The van der Waals surface area contributed by atoms with Crippen LogP contribution in [-0.4, -0.2) is 71.0 Å². The Kier molecular flexibility index (Phi) is 5.52. The number of amides is 1. The molecule has 4 rings (SSSR count). The maximum absolute atomic E-state index is 13.1. The van der Waals surface area contributed by atoms with Gasteiger partial charge in [0, 0.05) is 32.4 Å². The first kappa shape index (κ1) is 18.8. The molecule has 1 fully saturated rings. The van der Waals surface area contributed by atoms with Crippen molar-refractivity contribution in [1.82, 2.24) is 14.8 Å². The van der Waals surface area contributed by atoms with Crippen LogP contribution in [0, 0.1) is 0 Å². The van der Waals surface area contributed by atoms with Gasteiger partial charge in [0.25, 0.3) is 5.91 Å². The first-order valence-electron chi connectivity index (χ1n) is 9.20. The van der Waals surface area contributed by atoms with Gasteiger partial charge in [0.2, 0.25) is 5.78 Å². The van der Waals surface area contributed by atoms with Crippen molar-refractivity contribution < 1.29 is 19.4 Å². The van der Waals surface area contributed by atoms with E-state index in [4.69, 9.17) is 4.74 Å². The molecular weight excluding hydrogens is 378 g/mol. The molecule has 2 aliphatic rings. The highest BCUT2D eigenvalue weighted by Gasteiger charge is 2.44. The number of aromatic nitrogens is 1. The summed E-state index contributed by atoms with van der Waals surface area (Å²) >= 11 is 1.29. The number of hydrogen-bond acceptors (Lipinski definition) is 7. The van der Waals surface area contributed by atoms with Crippen molar-refractivity contribution in [2.75, 3.05) is 39.4 Å². The van der Waals surface area contributed by atoms with Crippen LogP contribution in [0.25, 0.3) is 0 Å². The van der Waals surface area contributed by atoms with E-state index >= 15 is 0 Å². The van der Waals surface area contributed by atoms with Gasteiger partial charge >= 0.3 is 0 Å². The van der Waals surface area contributed by atoms with Gasteiger partial charge in [-0.05, 0) is 23.6 Å². The summed E-state index contributed by atoms with van der Waals surface area (Å²) in [7, 11) is 0. The topological polar surface area (TPSA) is 83.0 Å². The summed E-state index contributed by atoms with van der Waals surface area (Å²) in [6.45, 7) is 3.98. The van der Waals surface area contributed by atoms with Crippen LogP contribution >= 0.6 is 11.3 Å². The quantitative estimate of drug-likeness (QED) is 0.749. The second-order valence-corrected chi connectivity index (χ2v) is 7.63. The Bertz CT molecular complexity index is 876. The molecule has 146 valence electrons. The van der Waals surface area contributed by atoms with Crippen LogP contribution in [0.4, 0.5) is 0 Å². The number of ether oxygens (including phenoxy) is 1. The maximum atomic E-state index is 13.1. The molecule has 0 bridgehead atoms. The monoisotopic (exact) mass is 399 g/mol. The molecule has 0 aromatic carbocycles. The molecule has 8 heteroatoms. The highest BCUT2D eigenvalue weighted by atomic mass is 32.1. The lowest BCUT2D eigenvalue weighted by molar-refractivity contribution is -0.129. The van der Waals surface area contributed by atoms with Crippen LogP contribution in [0.15, 0.2) is 53.2 Å². The van der Waals surface area contributed by atoms with Gasteiger partial charge in [-0.1, -0.05) is 12.1 Å². The minimum atomic E-state index is -0.690. The summed E-state index contributed by atoms with van der Waals surface area (Å²) in [6.07, 6.45) is 1.63. The standard InChI is InChI=1S/C20H21N3O4S/c24-18(15-5-3-13-28-15)16-17(14-4-1-2-6-21-14)23(20(26)19(16)25)8-7-22-9-11-27-12-10-22/h1-6,13,17,25H,7-12H2/t17-/m0/s1. The zero-order valence-electron chi connectivity index (χ0n) is 15.3. The fourth-order valence-corrected chi connectivity index (χ4v) is 4.25. The van der Waals surface area contributed by atoms with Crippen molar-refractivity contribution in [3.05, 3.63) is 63.8 Å². The van der Waals surface area contributed by atoms with Crippen LogP contribution in [-0.2, 0) is 9.53 Å². The molecule has 1 amide bonds. The van der Waals surface area contributed by atoms with E-state index in [1.807, 2.05) is 6.07 Å². The number of ketones is 1. The van der Waals surface area contributed by atoms with E-state index in [1.165, 1.54) is 11.3 Å². The van der Waals surface area contributed by atoms with E-state index in [0.29, 0.717) is 36.9 Å². The van der Waals surface area contributed by atoms with Gasteiger partial charge in [-0.2, -0.15) is 0 Å². The fraction of sp³-hybridized carbons (Fsp3) is 0.350. The minimum absolute atomic E-state index is 0.105. The Morgan fingerprint density at radius 2 is 2.04 bits per heavy atom. The number of pyridine rings is 1. The summed E-state index contributed by atoms with van der Waals surface area (Å²) in [5.41, 5.74) is 0.676. The maximum Gasteiger partial charge on any atom is 0.290 e. The van der Waals surface area contributed by atoms with Gasteiger partial charge in [0.15, 0.2) is 5.76 Å². The largest absolute Gasteiger partial charge is 0.503 e. The van der Waals surface area contributed by atoms with E-state index in [9.17, 15) is 14.7 Å². The number of morpholine rings is 1. The second kappa shape index (κ2) is 8.22. The molecule has 7 nitrogen and oxygen atoms in total. The van der Waals surface area contributed by atoms with Crippen molar-refractivity contribution in [1.29, 1.82) is 0 Å². The highest BCUT2D eigenvalue weighted by Crippen LogP contribution is 2.38. The van der Waals surface area contributed by atoms with Crippen LogP contribution in [0.1, 0.15) is 21.4 Å². The Morgan fingerprint density at radius 3 is 2.71 bits per heavy atom. The van der Waals surface area contributed by atoms with Crippen LogP contribution in [0.2, 0.25) is 0 Å². The number of carbonyl (C=O) groups excluding carboxylic acids is 2. The number of aliphatic hydroxyl groups excluding tert-OH is 1. The number of aliphatic hydroxyl groups is 1. The molecular formula is C20H21N3O4S. The van der Waals surface area contributed by atoms with Crippen LogP contribution in [0.5, 0.6) is 0 Å². The molecule has 0 unspecified atom stereocenters. The average molecular weight is 399 g/mol. The van der Waals surface area contributed by atoms with Crippen molar-refractivity contribution in [3.8, 4) is 0 Å². The van der Waals surface area contributed by atoms with E-state index in [0.717, 1.165) is 13.1 Å². The average Bonchev–Trinajstić information content (AvgIpc) is 3.36. The number of thiophene rings is 1. The van der Waals surface area contributed by atoms with Crippen molar-refractivity contribution in [2.45, 2.75) is 6.04 Å². The molecule has 4 heterocycles. The third-order valence-corrected chi connectivity index (χ3v) is 5.89. The van der Waals surface area contributed by atoms with Gasteiger partial charge in [-0.25, -0.2) is 0 Å². The van der Waals surface area contributed by atoms with Gasteiger partial charge in [0.05, 0.1) is 29.4 Å². The Labute approximate surface area is 166 Å².